The fourth-order valence-corrected chi connectivity index (χ4v) is 2.91. The van der Waals surface area contributed by atoms with Crippen LogP contribution < -0.4 is 25.0 Å². The van der Waals surface area contributed by atoms with Gasteiger partial charge in [-0.2, -0.15) is 0 Å². The molecule has 8 nitrogen and oxygen atoms in total. The van der Waals surface area contributed by atoms with Crippen molar-refractivity contribution in [3.63, 3.8) is 0 Å². The highest BCUT2D eigenvalue weighted by atomic mass is 16.5. The first-order valence-electron chi connectivity index (χ1n) is 9.03. The largest absolute Gasteiger partial charge is 0.493 e. The number of quaternary nitrogens is 1. The molecule has 0 fully saturated rings. The molecule has 1 aromatic carbocycles. The molecule has 8 heteroatoms. The van der Waals surface area contributed by atoms with Crippen molar-refractivity contribution in [2.45, 2.75) is 20.4 Å². The Kier molecular flexibility index (Phi) is 7.48. The molecule has 1 aliphatic rings. The quantitative estimate of drug-likeness (QED) is 0.536. The summed E-state index contributed by atoms with van der Waals surface area (Å²) in [5.41, 5.74) is 2.11. The Balaban J connectivity index is 2.11. The number of carbonyl (C=O) groups excluding carboxylic acids is 2. The van der Waals surface area contributed by atoms with E-state index in [4.69, 9.17) is 14.2 Å². The van der Waals surface area contributed by atoms with Gasteiger partial charge in [-0.05, 0) is 32.0 Å². The maximum absolute atomic E-state index is 12.1. The van der Waals surface area contributed by atoms with Crippen LogP contribution in [0, 0.1) is 0 Å². The van der Waals surface area contributed by atoms with Gasteiger partial charge in [0.1, 0.15) is 13.1 Å². The van der Waals surface area contributed by atoms with E-state index in [2.05, 4.69) is 10.6 Å². The van der Waals surface area contributed by atoms with Crippen molar-refractivity contribution in [1.82, 2.24) is 10.6 Å². The summed E-state index contributed by atoms with van der Waals surface area (Å²) in [6.07, 6.45) is 0. The van der Waals surface area contributed by atoms with Gasteiger partial charge in [0.2, 0.25) is 0 Å². The SMILES string of the molecule is CCOC(=O)C1=C(C[NH+](C)Cc2ccc(OCC)c(OC)c2)NC(=O)NC1. The van der Waals surface area contributed by atoms with Crippen LogP contribution in [0.3, 0.4) is 0 Å². The number of benzene rings is 1. The Hall–Kier alpha value is -2.74. The van der Waals surface area contributed by atoms with Crippen molar-refractivity contribution in [3.05, 3.63) is 35.0 Å². The molecule has 1 aliphatic heterocycles. The molecule has 0 aromatic heterocycles. The maximum atomic E-state index is 12.1. The molecule has 0 saturated carbocycles. The number of amides is 2. The highest BCUT2D eigenvalue weighted by Crippen LogP contribution is 2.27. The lowest BCUT2D eigenvalue weighted by Crippen LogP contribution is -3.08. The zero-order valence-electron chi connectivity index (χ0n) is 16.3. The third-order valence-corrected chi connectivity index (χ3v) is 4.09. The van der Waals surface area contributed by atoms with E-state index in [0.717, 1.165) is 10.5 Å². The molecule has 1 unspecified atom stereocenters. The van der Waals surface area contributed by atoms with E-state index >= 15 is 0 Å². The van der Waals surface area contributed by atoms with Crippen LogP contribution >= 0.6 is 0 Å². The van der Waals surface area contributed by atoms with Crippen molar-refractivity contribution < 1.29 is 28.7 Å². The Labute approximate surface area is 159 Å². The highest BCUT2D eigenvalue weighted by Gasteiger charge is 2.25. The molecule has 27 heavy (non-hydrogen) atoms. The summed E-state index contributed by atoms with van der Waals surface area (Å²) in [6, 6.07) is 5.50. The topological polar surface area (TPSA) is 90.3 Å². The summed E-state index contributed by atoms with van der Waals surface area (Å²) < 4.78 is 16.0. The minimum absolute atomic E-state index is 0.171. The van der Waals surface area contributed by atoms with Crippen LogP contribution in [0.2, 0.25) is 0 Å². The van der Waals surface area contributed by atoms with E-state index in [1.54, 1.807) is 14.0 Å². The Morgan fingerprint density at radius 2 is 1.96 bits per heavy atom. The summed E-state index contributed by atoms with van der Waals surface area (Å²) in [5, 5.41) is 5.34. The average molecular weight is 378 g/mol. The zero-order chi connectivity index (χ0) is 19.8. The van der Waals surface area contributed by atoms with Crippen LogP contribution in [0.15, 0.2) is 29.5 Å². The minimum Gasteiger partial charge on any atom is -0.493 e. The summed E-state index contributed by atoms with van der Waals surface area (Å²) in [6.45, 7) is 5.88. The summed E-state index contributed by atoms with van der Waals surface area (Å²) in [5.74, 6) is 0.985. The first-order valence-corrected chi connectivity index (χ1v) is 9.03. The van der Waals surface area contributed by atoms with Crippen molar-refractivity contribution >= 4 is 12.0 Å². The average Bonchev–Trinajstić information content (AvgIpc) is 2.63. The summed E-state index contributed by atoms with van der Waals surface area (Å²) >= 11 is 0. The highest BCUT2D eigenvalue weighted by molar-refractivity contribution is 5.93. The third kappa shape index (κ3) is 5.62. The Morgan fingerprint density at radius 1 is 1.19 bits per heavy atom. The predicted octanol–water partition coefficient (Wildman–Crippen LogP) is 0.239. The number of methoxy groups -OCH3 is 1. The van der Waals surface area contributed by atoms with Crippen molar-refractivity contribution in [2.24, 2.45) is 0 Å². The summed E-state index contributed by atoms with van der Waals surface area (Å²) in [4.78, 5) is 24.9. The summed E-state index contributed by atoms with van der Waals surface area (Å²) in [7, 11) is 3.60. The van der Waals surface area contributed by atoms with Gasteiger partial charge in [0.25, 0.3) is 0 Å². The lowest BCUT2D eigenvalue weighted by Gasteiger charge is -2.23. The number of hydrogen-bond acceptors (Lipinski definition) is 5. The second-order valence-electron chi connectivity index (χ2n) is 6.21. The lowest BCUT2D eigenvalue weighted by molar-refractivity contribution is -0.889. The second-order valence-corrected chi connectivity index (χ2v) is 6.21. The molecule has 148 valence electrons. The third-order valence-electron chi connectivity index (χ3n) is 4.09. The molecule has 0 aliphatic carbocycles. The molecule has 1 heterocycles. The number of rotatable bonds is 9. The molecule has 3 N–H and O–H groups in total. The predicted molar refractivity (Wildman–Crippen MR) is 99.8 cm³/mol. The molecule has 0 bridgehead atoms. The van der Waals surface area contributed by atoms with Gasteiger partial charge in [0, 0.05) is 5.56 Å². The van der Waals surface area contributed by atoms with Crippen molar-refractivity contribution in [3.8, 4) is 11.5 Å². The van der Waals surface area contributed by atoms with Crippen molar-refractivity contribution in [1.29, 1.82) is 0 Å². The van der Waals surface area contributed by atoms with Gasteiger partial charge < -0.3 is 29.7 Å². The number of likely N-dealkylation sites (N-methyl/N-ethyl adjacent to an activating group) is 1. The number of urea groups is 1. The van der Waals surface area contributed by atoms with Crippen LogP contribution in [0.25, 0.3) is 0 Å². The number of esters is 1. The number of ether oxygens (including phenoxy) is 3. The standard InChI is InChI=1S/C19H27N3O5/c1-5-26-16-8-7-13(9-17(16)25-4)11-22(3)12-15-14(18(23)27-6-2)10-20-19(24)21-15/h7-9H,5-6,10-12H2,1-4H3,(H2,20,21,24)/p+1. The smallest absolute Gasteiger partial charge is 0.337 e. The number of hydrogen-bond donors (Lipinski definition) is 3. The zero-order valence-corrected chi connectivity index (χ0v) is 16.3. The second kappa shape index (κ2) is 9.82. The fourth-order valence-electron chi connectivity index (χ4n) is 2.91. The van der Waals surface area contributed by atoms with Crippen LogP contribution in [-0.2, 0) is 16.1 Å². The first-order chi connectivity index (χ1) is 13.0. The van der Waals surface area contributed by atoms with Crippen LogP contribution in [-0.4, -0.2) is 52.5 Å². The molecule has 0 radical (unpaired) electrons. The molecule has 0 spiro atoms. The van der Waals surface area contributed by atoms with Gasteiger partial charge in [-0.3, -0.25) is 0 Å². The van der Waals surface area contributed by atoms with E-state index in [9.17, 15) is 9.59 Å². The van der Waals surface area contributed by atoms with E-state index in [0.29, 0.717) is 42.5 Å². The van der Waals surface area contributed by atoms with Gasteiger partial charge in [0.15, 0.2) is 11.5 Å². The lowest BCUT2D eigenvalue weighted by atomic mass is 10.1. The van der Waals surface area contributed by atoms with Gasteiger partial charge in [-0.15, -0.1) is 0 Å². The van der Waals surface area contributed by atoms with Gasteiger partial charge in [0.05, 0.1) is 45.2 Å². The van der Waals surface area contributed by atoms with Gasteiger partial charge in [-0.1, -0.05) is 0 Å². The normalized spacial score (nSPS) is 14.9. The Morgan fingerprint density at radius 3 is 2.63 bits per heavy atom. The molecule has 0 saturated heterocycles. The first kappa shape index (κ1) is 20.6. The van der Waals surface area contributed by atoms with Crippen LogP contribution in [0.4, 0.5) is 4.79 Å². The molecule has 1 atom stereocenters. The maximum Gasteiger partial charge on any atom is 0.337 e. The number of nitrogens with one attached hydrogen (secondary N) is 3. The van der Waals surface area contributed by atoms with E-state index < -0.39 is 5.97 Å². The molecular weight excluding hydrogens is 350 g/mol. The fraction of sp³-hybridized carbons (Fsp3) is 0.474. The van der Waals surface area contributed by atoms with Gasteiger partial charge >= 0.3 is 12.0 Å². The molecular formula is C19H28N3O5+. The van der Waals surface area contributed by atoms with Crippen molar-refractivity contribution in [2.75, 3.05) is 40.5 Å². The van der Waals surface area contributed by atoms with E-state index in [1.807, 2.05) is 32.2 Å². The Bertz CT molecular complexity index is 717. The van der Waals surface area contributed by atoms with E-state index in [1.165, 1.54) is 0 Å². The van der Waals surface area contributed by atoms with E-state index in [-0.39, 0.29) is 19.2 Å². The monoisotopic (exact) mass is 378 g/mol. The number of carbonyl (C=O) groups is 2. The molecule has 2 amide bonds. The molecule has 1 aromatic rings. The molecule has 2 rings (SSSR count). The van der Waals surface area contributed by atoms with Crippen LogP contribution in [0.1, 0.15) is 19.4 Å². The minimum atomic E-state index is -0.407. The van der Waals surface area contributed by atoms with Gasteiger partial charge in [-0.25, -0.2) is 9.59 Å². The van der Waals surface area contributed by atoms with Crippen LogP contribution in [0.5, 0.6) is 11.5 Å².